The van der Waals surface area contributed by atoms with Gasteiger partial charge in [-0.1, -0.05) is 225 Å². The van der Waals surface area contributed by atoms with Crippen LogP contribution in [0.5, 0.6) is 23.0 Å². The molecule has 378 valence electrons. The zero-order valence-corrected chi connectivity index (χ0v) is 45.3. The molecule has 5 nitrogen and oxygen atoms in total. The van der Waals surface area contributed by atoms with Crippen molar-refractivity contribution in [3.8, 4) is 23.0 Å². The number of ether oxygens (including phenoxy) is 3. The van der Waals surface area contributed by atoms with E-state index in [0.717, 1.165) is 55.4 Å². The number of aromatic hydroxyl groups is 1. The highest BCUT2D eigenvalue weighted by molar-refractivity contribution is 7.85. The number of hydrogen-bond donors (Lipinski definition) is 1. The van der Waals surface area contributed by atoms with Crippen LogP contribution in [0.3, 0.4) is 0 Å². The van der Waals surface area contributed by atoms with Gasteiger partial charge in [-0.25, -0.2) is 0 Å². The van der Waals surface area contributed by atoms with E-state index in [-0.39, 0.29) is 27.4 Å². The van der Waals surface area contributed by atoms with Crippen molar-refractivity contribution < 1.29 is 23.9 Å². The third kappa shape index (κ3) is 10.3. The van der Waals surface area contributed by atoms with Gasteiger partial charge in [-0.3, -0.25) is 0 Å². The van der Waals surface area contributed by atoms with Crippen molar-refractivity contribution in [2.45, 2.75) is 96.9 Å². The van der Waals surface area contributed by atoms with E-state index < -0.39 is 7.14 Å². The van der Waals surface area contributed by atoms with Gasteiger partial charge in [0.25, 0.3) is 0 Å². The minimum absolute atomic E-state index is 0.209. The van der Waals surface area contributed by atoms with Gasteiger partial charge in [0.05, 0.1) is 0 Å². The summed E-state index contributed by atoms with van der Waals surface area (Å²) in [6, 6.07) is 74.7. The van der Waals surface area contributed by atoms with Gasteiger partial charge in [0.15, 0.2) is 7.14 Å². The first-order valence-corrected chi connectivity index (χ1v) is 27.7. The SMILES string of the molecule is CC(C)(c1ccc(O)cc1)c1ccc(C(C)(C)c2ccc(OCc3ccc(P4(=O)c5ccc(cc5)COc5ccc(cc5)C(C)(C)c5ccc(cc5)C(C)(C)c5ccc(cc5)OCc5ccc4cc5)cc3)cc2)cc1. The molecule has 0 amide bonds. The monoisotopic (exact) mass is 1010 g/mol. The molecule has 6 aliphatic heterocycles. The summed E-state index contributed by atoms with van der Waals surface area (Å²) in [5.41, 5.74) is 11.8. The van der Waals surface area contributed by atoms with Crippen LogP contribution < -0.4 is 30.1 Å². The molecule has 6 heterocycles. The molecular formula is C69H67O5P. The number of phenolic OH excluding ortho intramolecular Hbond substituents is 1. The highest BCUT2D eigenvalue weighted by Gasteiger charge is 2.32. The van der Waals surface area contributed by atoms with Gasteiger partial charge in [-0.05, 0) is 110 Å². The largest absolute Gasteiger partial charge is 0.508 e. The predicted molar refractivity (Wildman–Crippen MR) is 308 cm³/mol. The van der Waals surface area contributed by atoms with Crippen LogP contribution in [0, 0.1) is 0 Å². The normalized spacial score (nSPS) is 15.0. The van der Waals surface area contributed by atoms with Gasteiger partial charge in [-0.2, -0.15) is 0 Å². The summed E-state index contributed by atoms with van der Waals surface area (Å²) >= 11 is 0. The lowest BCUT2D eigenvalue weighted by Gasteiger charge is -2.29. The summed E-state index contributed by atoms with van der Waals surface area (Å²) in [6.07, 6.45) is 0. The van der Waals surface area contributed by atoms with E-state index in [1.165, 1.54) is 38.9 Å². The highest BCUT2D eigenvalue weighted by atomic mass is 31.2. The molecule has 9 aromatic carbocycles. The zero-order chi connectivity index (χ0) is 52.6. The van der Waals surface area contributed by atoms with Gasteiger partial charge < -0.3 is 23.9 Å². The fourth-order valence-electron chi connectivity index (χ4n) is 10.4. The van der Waals surface area contributed by atoms with Gasteiger partial charge in [0.2, 0.25) is 0 Å². The minimum atomic E-state index is -3.34. The van der Waals surface area contributed by atoms with E-state index in [2.05, 4.69) is 165 Å². The summed E-state index contributed by atoms with van der Waals surface area (Å²) < 4.78 is 34.8. The Morgan fingerprint density at radius 1 is 0.427 bits per heavy atom. The van der Waals surface area contributed by atoms with Crippen LogP contribution in [0.2, 0.25) is 0 Å². The summed E-state index contributed by atoms with van der Waals surface area (Å²) in [4.78, 5) is 0. The van der Waals surface area contributed by atoms with E-state index in [4.69, 9.17) is 14.2 Å². The third-order valence-corrected chi connectivity index (χ3v) is 19.2. The molecule has 6 aliphatic rings. The highest BCUT2D eigenvalue weighted by Crippen LogP contribution is 2.44. The first-order valence-electron chi connectivity index (χ1n) is 26.0. The first-order chi connectivity index (χ1) is 35.9. The van der Waals surface area contributed by atoms with Crippen LogP contribution in [-0.4, -0.2) is 5.11 Å². The van der Waals surface area contributed by atoms with E-state index in [0.29, 0.717) is 19.8 Å². The molecule has 10 bridgehead atoms. The Hall–Kier alpha value is -7.59. The molecule has 0 spiro atoms. The van der Waals surface area contributed by atoms with Crippen LogP contribution in [-0.2, 0) is 46.0 Å². The van der Waals surface area contributed by atoms with Gasteiger partial charge >= 0.3 is 0 Å². The number of benzene rings is 9. The third-order valence-electron chi connectivity index (χ3n) is 16.1. The Kier molecular flexibility index (Phi) is 13.8. The van der Waals surface area contributed by atoms with Crippen LogP contribution in [0.15, 0.2) is 218 Å². The Labute approximate surface area is 444 Å². The number of fused-ring (bicyclic) bond motifs is 5. The van der Waals surface area contributed by atoms with Crippen molar-refractivity contribution in [2.24, 2.45) is 0 Å². The fraction of sp³-hybridized carbons (Fsp3) is 0.217. The Bertz CT molecular complexity index is 3300. The lowest BCUT2D eigenvalue weighted by Crippen LogP contribution is -2.25. The van der Waals surface area contributed by atoms with Crippen molar-refractivity contribution in [2.75, 3.05) is 0 Å². The average molecular weight is 1010 g/mol. The van der Waals surface area contributed by atoms with Crippen LogP contribution >= 0.6 is 7.14 Å². The standard InChI is InChI=1S/C69H67O5P/c1-66(2,55-23-31-59(70)32-24-55)51-15-17-52(18-16-51)67(3,4)56-25-33-60(34-26-56)72-45-48-9-39-63(40-10-48)75(71)64-41-11-49(12-42-64)46-73-61-35-27-57(28-36-61)68(5,6)53-19-21-54(22-20-53)69(7,8)58-29-37-62(38-30-58)74-47-50-13-43-65(75)44-14-50/h9-44,70H,45-47H2,1-8H3. The van der Waals surface area contributed by atoms with Gasteiger partial charge in [0, 0.05) is 37.6 Å². The quantitative estimate of drug-likeness (QED) is 0.154. The maximum Gasteiger partial charge on any atom is 0.171 e. The second kappa shape index (κ2) is 20.3. The van der Waals surface area contributed by atoms with E-state index in [1.807, 2.05) is 97.1 Å². The topological polar surface area (TPSA) is 65.0 Å². The molecule has 6 heteroatoms. The number of phenols is 1. The minimum Gasteiger partial charge on any atom is -0.508 e. The lowest BCUT2D eigenvalue weighted by molar-refractivity contribution is 0.306. The average Bonchev–Trinajstić information content (AvgIpc) is 3.44. The molecule has 1 N–H and O–H groups in total. The van der Waals surface area contributed by atoms with E-state index in [1.54, 1.807) is 12.1 Å². The maximum absolute atomic E-state index is 15.9. The summed E-state index contributed by atoms with van der Waals surface area (Å²) in [7, 11) is -3.34. The number of rotatable bonds is 8. The Morgan fingerprint density at radius 3 is 1.09 bits per heavy atom. The molecule has 0 unspecified atom stereocenters. The second-order valence-electron chi connectivity index (χ2n) is 22.2. The second-order valence-corrected chi connectivity index (χ2v) is 25.0. The van der Waals surface area contributed by atoms with E-state index in [9.17, 15) is 5.11 Å². The van der Waals surface area contributed by atoms with Crippen molar-refractivity contribution >= 4 is 23.1 Å². The van der Waals surface area contributed by atoms with E-state index >= 15 is 4.57 Å². The van der Waals surface area contributed by atoms with Gasteiger partial charge in [-0.15, -0.1) is 0 Å². The van der Waals surface area contributed by atoms with Crippen molar-refractivity contribution in [1.82, 2.24) is 0 Å². The molecule has 0 aromatic heterocycles. The van der Waals surface area contributed by atoms with Crippen molar-refractivity contribution in [3.05, 3.63) is 280 Å². The van der Waals surface area contributed by atoms with Crippen molar-refractivity contribution in [1.29, 1.82) is 0 Å². The predicted octanol–water partition coefficient (Wildman–Crippen LogP) is 15.4. The summed E-state index contributed by atoms with van der Waals surface area (Å²) in [5.74, 6) is 2.64. The van der Waals surface area contributed by atoms with Crippen molar-refractivity contribution in [3.63, 3.8) is 0 Å². The molecule has 0 fully saturated rings. The molecule has 0 saturated heterocycles. The molecule has 75 heavy (non-hydrogen) atoms. The van der Waals surface area contributed by atoms with Crippen LogP contribution in [0.25, 0.3) is 0 Å². The smallest absolute Gasteiger partial charge is 0.171 e. The fourth-order valence-corrected chi connectivity index (χ4v) is 13.0. The molecule has 0 atom stereocenters. The maximum atomic E-state index is 15.9. The molecule has 15 rings (SSSR count). The molecule has 0 saturated carbocycles. The zero-order valence-electron chi connectivity index (χ0n) is 44.4. The molecule has 0 aliphatic carbocycles. The summed E-state index contributed by atoms with van der Waals surface area (Å²) in [6.45, 7) is 19.1. The van der Waals surface area contributed by atoms with Crippen LogP contribution in [0.4, 0.5) is 0 Å². The Morgan fingerprint density at radius 2 is 0.733 bits per heavy atom. The first kappa shape index (κ1) is 50.9. The Balaban J connectivity index is 0.868. The molecular weight excluding hydrogens is 940 g/mol. The molecule has 9 aromatic rings. The molecule has 0 radical (unpaired) electrons. The van der Waals surface area contributed by atoms with Gasteiger partial charge in [0.1, 0.15) is 42.8 Å². The lowest BCUT2D eigenvalue weighted by atomic mass is 9.74. The van der Waals surface area contributed by atoms with Crippen LogP contribution in [0.1, 0.15) is 117 Å². The summed E-state index contributed by atoms with van der Waals surface area (Å²) in [5, 5.41) is 12.1. The number of hydrogen-bond acceptors (Lipinski definition) is 5.